The van der Waals surface area contributed by atoms with Gasteiger partial charge in [0.1, 0.15) is 0 Å². The van der Waals surface area contributed by atoms with Crippen molar-refractivity contribution in [2.45, 2.75) is 26.0 Å². The Balaban J connectivity index is 2.16. The number of morpholine rings is 1. The van der Waals surface area contributed by atoms with Crippen molar-refractivity contribution in [1.29, 1.82) is 0 Å². The molecule has 0 bridgehead atoms. The highest BCUT2D eigenvalue weighted by atomic mass is 16.5. The molecule has 0 radical (unpaired) electrons. The minimum absolute atomic E-state index is 0.00736. The molecule has 1 amide bonds. The van der Waals surface area contributed by atoms with E-state index in [1.54, 1.807) is 4.90 Å². The summed E-state index contributed by atoms with van der Waals surface area (Å²) in [5, 5.41) is 9.13. The summed E-state index contributed by atoms with van der Waals surface area (Å²) in [5.74, 6) is 0.00736. The fraction of sp³-hybridized carbons (Fsp3) is 0.500. The Kier molecular flexibility index (Phi) is 3.99. The zero-order valence-corrected chi connectivity index (χ0v) is 10.8. The highest BCUT2D eigenvalue weighted by Crippen LogP contribution is 2.16. The molecule has 1 N–H and O–H groups in total. The minimum atomic E-state index is -0.269. The molecule has 1 saturated heterocycles. The lowest BCUT2D eigenvalue weighted by Gasteiger charge is -2.37. The SMILES string of the molecule is Cc1cccc(C(=O)N2CC(CO)OCC2C)c1. The second-order valence-electron chi connectivity index (χ2n) is 4.81. The molecule has 2 unspecified atom stereocenters. The number of ether oxygens (including phenoxy) is 1. The largest absolute Gasteiger partial charge is 0.394 e. The van der Waals surface area contributed by atoms with Crippen molar-refractivity contribution < 1.29 is 14.6 Å². The molecule has 0 spiro atoms. The third kappa shape index (κ3) is 2.71. The molecule has 4 heteroatoms. The Morgan fingerprint density at radius 1 is 1.56 bits per heavy atom. The van der Waals surface area contributed by atoms with Gasteiger partial charge in [-0.05, 0) is 26.0 Å². The summed E-state index contributed by atoms with van der Waals surface area (Å²) in [5.41, 5.74) is 1.76. The summed E-state index contributed by atoms with van der Waals surface area (Å²) in [6.45, 7) is 4.80. The van der Waals surface area contributed by atoms with Crippen molar-refractivity contribution in [3.63, 3.8) is 0 Å². The van der Waals surface area contributed by atoms with Crippen LogP contribution >= 0.6 is 0 Å². The maximum absolute atomic E-state index is 12.4. The third-order valence-corrected chi connectivity index (χ3v) is 3.24. The molecule has 1 aliphatic rings. The van der Waals surface area contributed by atoms with Gasteiger partial charge in [-0.2, -0.15) is 0 Å². The molecular weight excluding hydrogens is 230 g/mol. The van der Waals surface area contributed by atoms with Crippen molar-refractivity contribution in [2.24, 2.45) is 0 Å². The van der Waals surface area contributed by atoms with Crippen LogP contribution in [0.4, 0.5) is 0 Å². The number of nitrogens with zero attached hydrogens (tertiary/aromatic N) is 1. The Morgan fingerprint density at radius 2 is 2.33 bits per heavy atom. The van der Waals surface area contributed by atoms with Gasteiger partial charge in [-0.3, -0.25) is 4.79 Å². The topological polar surface area (TPSA) is 49.8 Å². The first kappa shape index (κ1) is 13.1. The monoisotopic (exact) mass is 249 g/mol. The molecule has 18 heavy (non-hydrogen) atoms. The van der Waals surface area contributed by atoms with Crippen LogP contribution in [-0.2, 0) is 4.74 Å². The molecule has 0 aromatic heterocycles. The van der Waals surface area contributed by atoms with Gasteiger partial charge >= 0.3 is 0 Å². The third-order valence-electron chi connectivity index (χ3n) is 3.24. The number of benzene rings is 1. The van der Waals surface area contributed by atoms with Gasteiger partial charge in [0.15, 0.2) is 0 Å². The van der Waals surface area contributed by atoms with Gasteiger partial charge < -0.3 is 14.7 Å². The quantitative estimate of drug-likeness (QED) is 0.857. The lowest BCUT2D eigenvalue weighted by molar-refractivity contribution is -0.0667. The van der Waals surface area contributed by atoms with E-state index in [9.17, 15) is 4.79 Å². The Labute approximate surface area is 107 Å². The molecule has 1 aromatic carbocycles. The van der Waals surface area contributed by atoms with Crippen LogP contribution in [0.5, 0.6) is 0 Å². The van der Waals surface area contributed by atoms with Crippen LogP contribution < -0.4 is 0 Å². The Hall–Kier alpha value is -1.39. The van der Waals surface area contributed by atoms with Crippen molar-refractivity contribution in [3.05, 3.63) is 35.4 Å². The summed E-state index contributed by atoms with van der Waals surface area (Å²) >= 11 is 0. The van der Waals surface area contributed by atoms with Crippen LogP contribution in [0.25, 0.3) is 0 Å². The van der Waals surface area contributed by atoms with Crippen LogP contribution in [0.1, 0.15) is 22.8 Å². The maximum Gasteiger partial charge on any atom is 0.254 e. The fourth-order valence-corrected chi connectivity index (χ4v) is 2.15. The molecule has 1 aromatic rings. The van der Waals surface area contributed by atoms with Crippen molar-refractivity contribution in [1.82, 2.24) is 4.90 Å². The summed E-state index contributed by atoms with van der Waals surface area (Å²) in [7, 11) is 0. The number of carbonyl (C=O) groups is 1. The molecule has 1 aliphatic heterocycles. The molecule has 2 rings (SSSR count). The van der Waals surface area contributed by atoms with E-state index in [1.807, 2.05) is 38.1 Å². The van der Waals surface area contributed by atoms with E-state index in [0.29, 0.717) is 18.7 Å². The normalized spacial score (nSPS) is 24.1. The maximum atomic E-state index is 12.4. The highest BCUT2D eigenvalue weighted by molar-refractivity contribution is 5.94. The van der Waals surface area contributed by atoms with E-state index < -0.39 is 0 Å². The second kappa shape index (κ2) is 5.50. The van der Waals surface area contributed by atoms with Crippen LogP contribution in [0.15, 0.2) is 24.3 Å². The molecule has 98 valence electrons. The number of rotatable bonds is 2. The van der Waals surface area contributed by atoms with Crippen LogP contribution in [-0.4, -0.2) is 47.8 Å². The number of hydrogen-bond acceptors (Lipinski definition) is 3. The molecule has 0 aliphatic carbocycles. The van der Waals surface area contributed by atoms with Crippen LogP contribution in [0, 0.1) is 6.92 Å². The molecular formula is C14H19NO3. The first-order chi connectivity index (χ1) is 8.61. The van der Waals surface area contributed by atoms with Crippen molar-refractivity contribution in [2.75, 3.05) is 19.8 Å². The van der Waals surface area contributed by atoms with Gasteiger partial charge in [-0.1, -0.05) is 17.7 Å². The minimum Gasteiger partial charge on any atom is -0.394 e. The van der Waals surface area contributed by atoms with E-state index in [0.717, 1.165) is 5.56 Å². The van der Waals surface area contributed by atoms with Crippen molar-refractivity contribution in [3.8, 4) is 0 Å². The van der Waals surface area contributed by atoms with E-state index in [-0.39, 0.29) is 24.7 Å². The van der Waals surface area contributed by atoms with Gasteiger partial charge in [0.05, 0.1) is 25.4 Å². The van der Waals surface area contributed by atoms with E-state index >= 15 is 0 Å². The van der Waals surface area contributed by atoms with Crippen LogP contribution in [0.2, 0.25) is 0 Å². The molecule has 4 nitrogen and oxygen atoms in total. The zero-order chi connectivity index (χ0) is 13.1. The Bertz CT molecular complexity index is 433. The lowest BCUT2D eigenvalue weighted by Crippen LogP contribution is -2.52. The molecule has 0 saturated carbocycles. The molecule has 2 atom stereocenters. The lowest BCUT2D eigenvalue weighted by atomic mass is 10.1. The average molecular weight is 249 g/mol. The van der Waals surface area contributed by atoms with Crippen LogP contribution in [0.3, 0.4) is 0 Å². The van der Waals surface area contributed by atoms with E-state index in [1.165, 1.54) is 0 Å². The zero-order valence-electron chi connectivity index (χ0n) is 10.8. The van der Waals surface area contributed by atoms with Gasteiger partial charge in [-0.15, -0.1) is 0 Å². The molecule has 1 heterocycles. The van der Waals surface area contributed by atoms with Gasteiger partial charge in [0, 0.05) is 12.1 Å². The number of aryl methyl sites for hydroxylation is 1. The summed E-state index contributed by atoms with van der Waals surface area (Å²) in [6.07, 6.45) is -0.269. The predicted octanol–water partition coefficient (Wildman–Crippen LogP) is 1.22. The number of carbonyl (C=O) groups excluding carboxylic acids is 1. The predicted molar refractivity (Wildman–Crippen MR) is 68.5 cm³/mol. The average Bonchev–Trinajstić information content (AvgIpc) is 2.38. The number of aliphatic hydroxyl groups is 1. The number of aliphatic hydroxyl groups excluding tert-OH is 1. The Morgan fingerprint density at radius 3 is 3.00 bits per heavy atom. The van der Waals surface area contributed by atoms with E-state index in [4.69, 9.17) is 9.84 Å². The van der Waals surface area contributed by atoms with Gasteiger partial charge in [0.2, 0.25) is 0 Å². The first-order valence-corrected chi connectivity index (χ1v) is 6.22. The summed E-state index contributed by atoms with van der Waals surface area (Å²) < 4.78 is 5.44. The van der Waals surface area contributed by atoms with Crippen molar-refractivity contribution >= 4 is 5.91 Å². The van der Waals surface area contributed by atoms with Gasteiger partial charge in [0.25, 0.3) is 5.91 Å². The highest BCUT2D eigenvalue weighted by Gasteiger charge is 2.29. The number of hydrogen-bond donors (Lipinski definition) is 1. The standard InChI is InChI=1S/C14H19NO3/c1-10-4-3-5-12(6-10)14(17)15-7-13(8-16)18-9-11(15)2/h3-6,11,13,16H,7-9H2,1-2H3. The smallest absolute Gasteiger partial charge is 0.254 e. The summed E-state index contributed by atoms with van der Waals surface area (Å²) in [6, 6.07) is 7.61. The second-order valence-corrected chi connectivity index (χ2v) is 4.81. The van der Waals surface area contributed by atoms with Gasteiger partial charge in [-0.25, -0.2) is 0 Å². The van der Waals surface area contributed by atoms with E-state index in [2.05, 4.69) is 0 Å². The number of amides is 1. The summed E-state index contributed by atoms with van der Waals surface area (Å²) in [4.78, 5) is 14.2. The fourth-order valence-electron chi connectivity index (χ4n) is 2.15. The molecule has 1 fully saturated rings. The first-order valence-electron chi connectivity index (χ1n) is 6.22.